The maximum atomic E-state index is 12.9. The molecule has 3 aromatic rings. The van der Waals surface area contributed by atoms with E-state index in [0.29, 0.717) is 22.4 Å². The number of aromatic nitrogens is 1. The highest BCUT2D eigenvalue weighted by molar-refractivity contribution is 7.14. The van der Waals surface area contributed by atoms with E-state index in [2.05, 4.69) is 29.4 Å². The van der Waals surface area contributed by atoms with Crippen molar-refractivity contribution in [1.29, 1.82) is 0 Å². The van der Waals surface area contributed by atoms with Crippen LogP contribution in [0.2, 0.25) is 5.02 Å². The van der Waals surface area contributed by atoms with Gasteiger partial charge in [-0.15, -0.1) is 11.3 Å². The standard InChI is InChI=1S/C26H27ClN2O2S/c1-17-5-9-29(10-6-17)26(30)19-2-3-22(23(27)12-19)25-14-21(16-32-25)18-4-8-28-24(13-18)20-7-11-31-15-20/h2-4,8,12-14,16-17,20H,5-7,9-11,15H2,1H3. The third-order valence-corrected chi connectivity index (χ3v) is 7.89. The molecule has 2 aliphatic heterocycles. The van der Waals surface area contributed by atoms with Crippen molar-refractivity contribution in [3.8, 4) is 21.6 Å². The van der Waals surface area contributed by atoms with Crippen LogP contribution in [-0.4, -0.2) is 42.1 Å². The van der Waals surface area contributed by atoms with Gasteiger partial charge in [0.2, 0.25) is 0 Å². The van der Waals surface area contributed by atoms with Crippen LogP contribution >= 0.6 is 22.9 Å². The molecule has 0 saturated carbocycles. The van der Waals surface area contributed by atoms with E-state index in [1.165, 1.54) is 0 Å². The Labute approximate surface area is 198 Å². The maximum Gasteiger partial charge on any atom is 0.253 e. The van der Waals surface area contributed by atoms with Crippen molar-refractivity contribution in [2.75, 3.05) is 26.3 Å². The zero-order chi connectivity index (χ0) is 22.1. The second kappa shape index (κ2) is 9.34. The molecule has 4 heterocycles. The molecule has 2 fully saturated rings. The predicted molar refractivity (Wildman–Crippen MR) is 130 cm³/mol. The van der Waals surface area contributed by atoms with E-state index in [-0.39, 0.29) is 5.91 Å². The Kier molecular flexibility index (Phi) is 6.31. The second-order valence-electron chi connectivity index (χ2n) is 8.90. The number of nitrogens with zero attached hydrogens (tertiary/aromatic N) is 2. The smallest absolute Gasteiger partial charge is 0.253 e. The molecule has 0 aliphatic carbocycles. The lowest BCUT2D eigenvalue weighted by Gasteiger charge is -2.30. The van der Waals surface area contributed by atoms with E-state index in [0.717, 1.165) is 72.8 Å². The summed E-state index contributed by atoms with van der Waals surface area (Å²) in [5.41, 5.74) is 5.05. The van der Waals surface area contributed by atoms with Crippen molar-refractivity contribution in [3.05, 3.63) is 64.3 Å². The monoisotopic (exact) mass is 466 g/mol. The lowest BCUT2D eigenvalue weighted by molar-refractivity contribution is 0.0697. The van der Waals surface area contributed by atoms with Crippen molar-refractivity contribution in [2.45, 2.75) is 32.1 Å². The number of carbonyl (C=O) groups excluding carboxylic acids is 1. The number of benzene rings is 1. The molecule has 1 atom stereocenters. The summed E-state index contributed by atoms with van der Waals surface area (Å²) in [5, 5.41) is 2.78. The summed E-state index contributed by atoms with van der Waals surface area (Å²) in [5.74, 6) is 1.16. The number of amides is 1. The summed E-state index contributed by atoms with van der Waals surface area (Å²) in [4.78, 5) is 20.5. The fraction of sp³-hybridized carbons (Fsp3) is 0.385. The first-order valence-corrected chi connectivity index (χ1v) is 12.6. The summed E-state index contributed by atoms with van der Waals surface area (Å²) < 4.78 is 5.52. The quantitative estimate of drug-likeness (QED) is 0.440. The number of thiophene rings is 1. The third-order valence-electron chi connectivity index (χ3n) is 6.61. The zero-order valence-electron chi connectivity index (χ0n) is 18.2. The van der Waals surface area contributed by atoms with Crippen LogP contribution in [-0.2, 0) is 4.74 Å². The minimum absolute atomic E-state index is 0.0809. The molecule has 1 unspecified atom stereocenters. The summed E-state index contributed by atoms with van der Waals surface area (Å²) >= 11 is 8.32. The van der Waals surface area contributed by atoms with Gasteiger partial charge in [0, 0.05) is 53.5 Å². The van der Waals surface area contributed by atoms with Crippen LogP contribution in [0.25, 0.3) is 21.6 Å². The molecule has 2 aromatic heterocycles. The van der Waals surface area contributed by atoms with Gasteiger partial charge >= 0.3 is 0 Å². The number of ether oxygens (including phenoxy) is 1. The van der Waals surface area contributed by atoms with Crippen LogP contribution in [0.15, 0.2) is 48.0 Å². The molecular weight excluding hydrogens is 440 g/mol. The molecule has 5 rings (SSSR count). The number of hydrogen-bond donors (Lipinski definition) is 0. The molecular formula is C26H27ClN2O2S. The van der Waals surface area contributed by atoms with E-state index in [1.54, 1.807) is 11.3 Å². The lowest BCUT2D eigenvalue weighted by Crippen LogP contribution is -2.37. The minimum atomic E-state index is 0.0809. The van der Waals surface area contributed by atoms with Gasteiger partial charge in [0.25, 0.3) is 5.91 Å². The molecule has 0 radical (unpaired) electrons. The van der Waals surface area contributed by atoms with Gasteiger partial charge in [0.05, 0.1) is 11.6 Å². The summed E-state index contributed by atoms with van der Waals surface area (Å²) in [6.45, 7) is 5.47. The zero-order valence-corrected chi connectivity index (χ0v) is 19.8. The number of piperidine rings is 1. The fourth-order valence-electron chi connectivity index (χ4n) is 4.49. The van der Waals surface area contributed by atoms with Crippen LogP contribution in [0.1, 0.15) is 48.2 Å². The molecule has 2 saturated heterocycles. The Morgan fingerprint density at radius 2 is 1.97 bits per heavy atom. The Bertz CT molecular complexity index is 1110. The minimum Gasteiger partial charge on any atom is -0.381 e. The highest BCUT2D eigenvalue weighted by atomic mass is 35.5. The molecule has 6 heteroatoms. The predicted octanol–water partition coefficient (Wildman–Crippen LogP) is 6.51. The third kappa shape index (κ3) is 4.47. The Hall–Kier alpha value is -2.21. The Balaban J connectivity index is 1.35. The van der Waals surface area contributed by atoms with E-state index in [9.17, 15) is 4.79 Å². The van der Waals surface area contributed by atoms with Crippen LogP contribution in [0.3, 0.4) is 0 Å². The van der Waals surface area contributed by atoms with Gasteiger partial charge in [-0.2, -0.15) is 0 Å². The average Bonchev–Trinajstić information content (AvgIpc) is 3.52. The molecule has 0 N–H and O–H groups in total. The van der Waals surface area contributed by atoms with Gasteiger partial charge in [-0.05, 0) is 72.0 Å². The number of carbonyl (C=O) groups is 1. The highest BCUT2D eigenvalue weighted by Crippen LogP contribution is 2.37. The fourth-order valence-corrected chi connectivity index (χ4v) is 5.79. The number of halogens is 1. The molecule has 1 aromatic carbocycles. The molecule has 32 heavy (non-hydrogen) atoms. The van der Waals surface area contributed by atoms with Crippen molar-refractivity contribution in [2.24, 2.45) is 5.92 Å². The van der Waals surface area contributed by atoms with Crippen LogP contribution in [0.5, 0.6) is 0 Å². The van der Waals surface area contributed by atoms with Crippen LogP contribution in [0.4, 0.5) is 0 Å². The molecule has 0 spiro atoms. The summed E-state index contributed by atoms with van der Waals surface area (Å²) in [6.07, 6.45) is 5.05. The molecule has 1 amide bonds. The number of hydrogen-bond acceptors (Lipinski definition) is 4. The van der Waals surface area contributed by atoms with Crippen molar-refractivity contribution in [3.63, 3.8) is 0 Å². The van der Waals surface area contributed by atoms with Crippen LogP contribution in [0, 0.1) is 5.92 Å². The van der Waals surface area contributed by atoms with Crippen molar-refractivity contribution in [1.82, 2.24) is 9.88 Å². The largest absolute Gasteiger partial charge is 0.381 e. The van der Waals surface area contributed by atoms with Gasteiger partial charge in [-0.1, -0.05) is 24.6 Å². The average molecular weight is 467 g/mol. The number of rotatable bonds is 4. The first-order chi connectivity index (χ1) is 15.6. The molecule has 0 bridgehead atoms. The molecule has 4 nitrogen and oxygen atoms in total. The van der Waals surface area contributed by atoms with Gasteiger partial charge in [0.15, 0.2) is 0 Å². The Morgan fingerprint density at radius 1 is 1.12 bits per heavy atom. The van der Waals surface area contributed by atoms with Crippen LogP contribution < -0.4 is 0 Å². The normalized spacial score (nSPS) is 19.4. The maximum absolute atomic E-state index is 12.9. The molecule has 2 aliphatic rings. The molecule has 166 valence electrons. The second-order valence-corrected chi connectivity index (χ2v) is 10.2. The van der Waals surface area contributed by atoms with Crippen molar-refractivity contribution >= 4 is 28.8 Å². The first-order valence-electron chi connectivity index (χ1n) is 11.3. The topological polar surface area (TPSA) is 42.4 Å². The first kappa shape index (κ1) is 21.6. The number of likely N-dealkylation sites (tertiary alicyclic amines) is 1. The van der Waals surface area contributed by atoms with Gasteiger partial charge in [0.1, 0.15) is 0 Å². The highest BCUT2D eigenvalue weighted by Gasteiger charge is 2.23. The van der Waals surface area contributed by atoms with Gasteiger partial charge in [-0.3, -0.25) is 9.78 Å². The SMILES string of the molecule is CC1CCN(C(=O)c2ccc(-c3cc(-c4ccnc(C5CCOC5)c4)cs3)c(Cl)c2)CC1. The van der Waals surface area contributed by atoms with E-state index >= 15 is 0 Å². The summed E-state index contributed by atoms with van der Waals surface area (Å²) in [6, 6.07) is 12.1. The summed E-state index contributed by atoms with van der Waals surface area (Å²) in [7, 11) is 0. The number of pyridine rings is 1. The van der Waals surface area contributed by atoms with Gasteiger partial charge in [-0.25, -0.2) is 0 Å². The van der Waals surface area contributed by atoms with E-state index in [4.69, 9.17) is 16.3 Å². The van der Waals surface area contributed by atoms with Crippen molar-refractivity contribution < 1.29 is 9.53 Å². The van der Waals surface area contributed by atoms with Gasteiger partial charge < -0.3 is 9.64 Å². The van der Waals surface area contributed by atoms with E-state index < -0.39 is 0 Å². The Morgan fingerprint density at radius 3 is 2.72 bits per heavy atom. The lowest BCUT2D eigenvalue weighted by atomic mass is 9.98. The van der Waals surface area contributed by atoms with E-state index in [1.807, 2.05) is 35.4 Å².